The van der Waals surface area contributed by atoms with E-state index in [9.17, 15) is 13.2 Å². The summed E-state index contributed by atoms with van der Waals surface area (Å²) >= 11 is 0. The smallest absolute Gasteiger partial charge is 0.407 e. The summed E-state index contributed by atoms with van der Waals surface area (Å²) in [6.45, 7) is 5.65. The van der Waals surface area contributed by atoms with Gasteiger partial charge >= 0.3 is 6.09 Å². The third-order valence-corrected chi connectivity index (χ3v) is 3.32. The Bertz CT molecular complexity index is 541. The number of ether oxygens (including phenoxy) is 1. The first kappa shape index (κ1) is 15.5. The highest BCUT2D eigenvalue weighted by Crippen LogP contribution is 2.11. The monoisotopic (exact) mass is 285 g/mol. The molecule has 5 nitrogen and oxygen atoms in total. The lowest BCUT2D eigenvalue weighted by molar-refractivity contribution is 0.0523. The lowest BCUT2D eigenvalue weighted by Crippen LogP contribution is -2.32. The fourth-order valence-electron chi connectivity index (χ4n) is 1.34. The molecule has 1 aromatic rings. The van der Waals surface area contributed by atoms with E-state index in [1.54, 1.807) is 32.9 Å². The first-order valence-corrected chi connectivity index (χ1v) is 7.73. The summed E-state index contributed by atoms with van der Waals surface area (Å²) in [6.07, 6.45) is 0.653. The van der Waals surface area contributed by atoms with Crippen LogP contribution in [0.1, 0.15) is 26.3 Å². The van der Waals surface area contributed by atoms with E-state index in [1.807, 2.05) is 0 Å². The molecule has 0 spiro atoms. The third-order valence-electron chi connectivity index (χ3n) is 2.19. The number of rotatable bonds is 3. The van der Waals surface area contributed by atoms with Crippen LogP contribution in [0.25, 0.3) is 0 Å². The van der Waals surface area contributed by atoms with Gasteiger partial charge in [0.15, 0.2) is 9.84 Å². The predicted octanol–water partition coefficient (Wildman–Crippen LogP) is 2.11. The van der Waals surface area contributed by atoms with Crippen LogP contribution in [0.15, 0.2) is 29.2 Å². The van der Waals surface area contributed by atoms with Crippen molar-refractivity contribution in [2.45, 2.75) is 37.8 Å². The standard InChI is InChI=1S/C13H19NO4S/c1-13(2,3)18-12(15)14-9-10-5-7-11(8-6-10)19(4,16)17/h5-8H,9H2,1-4H3,(H,14,15). The number of alkyl carbamates (subject to hydrolysis) is 1. The second kappa shape index (κ2) is 5.61. The highest BCUT2D eigenvalue weighted by Gasteiger charge is 2.15. The van der Waals surface area contributed by atoms with Gasteiger partial charge in [0.25, 0.3) is 0 Å². The molecule has 0 aliphatic carbocycles. The molecule has 0 fully saturated rings. The summed E-state index contributed by atoms with van der Waals surface area (Å²) in [4.78, 5) is 11.7. The Hall–Kier alpha value is -1.56. The Kier molecular flexibility index (Phi) is 4.57. The van der Waals surface area contributed by atoms with E-state index in [0.29, 0.717) is 6.54 Å². The first-order valence-electron chi connectivity index (χ1n) is 5.84. The molecule has 1 aromatic carbocycles. The molecule has 0 saturated heterocycles. The molecule has 1 N–H and O–H groups in total. The average Bonchev–Trinajstić information content (AvgIpc) is 2.23. The minimum absolute atomic E-state index is 0.258. The molecule has 0 unspecified atom stereocenters. The second-order valence-electron chi connectivity index (χ2n) is 5.27. The molecule has 1 rings (SSSR count). The summed E-state index contributed by atoms with van der Waals surface area (Å²) in [5.74, 6) is 0. The van der Waals surface area contributed by atoms with Gasteiger partial charge in [-0.15, -0.1) is 0 Å². The molecule has 0 bridgehead atoms. The van der Waals surface area contributed by atoms with Crippen LogP contribution in [0.3, 0.4) is 0 Å². The van der Waals surface area contributed by atoms with Gasteiger partial charge < -0.3 is 10.1 Å². The molecule has 0 heterocycles. The Morgan fingerprint density at radius 3 is 2.16 bits per heavy atom. The molecule has 106 valence electrons. The van der Waals surface area contributed by atoms with Crippen molar-refractivity contribution in [1.82, 2.24) is 5.32 Å². The number of hydrogen-bond acceptors (Lipinski definition) is 4. The fraction of sp³-hybridized carbons (Fsp3) is 0.462. The number of nitrogens with one attached hydrogen (secondary N) is 1. The van der Waals surface area contributed by atoms with Crippen LogP contribution in [0.4, 0.5) is 4.79 Å². The highest BCUT2D eigenvalue weighted by molar-refractivity contribution is 7.90. The Morgan fingerprint density at radius 1 is 1.21 bits per heavy atom. The summed E-state index contributed by atoms with van der Waals surface area (Å²) in [5, 5.41) is 2.60. The van der Waals surface area contributed by atoms with E-state index in [2.05, 4.69) is 5.32 Å². The molecule has 1 amide bonds. The Labute approximate surface area is 113 Å². The number of hydrogen-bond donors (Lipinski definition) is 1. The van der Waals surface area contributed by atoms with Crippen molar-refractivity contribution < 1.29 is 17.9 Å². The zero-order valence-corrected chi connectivity index (χ0v) is 12.4. The largest absolute Gasteiger partial charge is 0.444 e. The van der Waals surface area contributed by atoms with E-state index in [0.717, 1.165) is 11.8 Å². The van der Waals surface area contributed by atoms with Crippen molar-refractivity contribution in [3.05, 3.63) is 29.8 Å². The van der Waals surface area contributed by atoms with Crippen molar-refractivity contribution in [1.29, 1.82) is 0 Å². The molecular formula is C13H19NO4S. The number of benzene rings is 1. The van der Waals surface area contributed by atoms with Gasteiger partial charge in [0.05, 0.1) is 4.90 Å². The van der Waals surface area contributed by atoms with Gasteiger partial charge in [-0.3, -0.25) is 0 Å². The van der Waals surface area contributed by atoms with Gasteiger partial charge in [0.1, 0.15) is 5.60 Å². The molecule has 0 aliphatic heterocycles. The van der Waals surface area contributed by atoms with Gasteiger partial charge in [-0.1, -0.05) is 12.1 Å². The van der Waals surface area contributed by atoms with E-state index >= 15 is 0 Å². The number of sulfone groups is 1. The van der Waals surface area contributed by atoms with E-state index in [4.69, 9.17) is 4.74 Å². The zero-order valence-electron chi connectivity index (χ0n) is 11.6. The van der Waals surface area contributed by atoms with Crippen LogP contribution in [-0.4, -0.2) is 26.4 Å². The Morgan fingerprint density at radius 2 is 1.74 bits per heavy atom. The molecule has 0 saturated carbocycles. The molecular weight excluding hydrogens is 266 g/mol. The van der Waals surface area contributed by atoms with Gasteiger partial charge in [0.2, 0.25) is 0 Å². The van der Waals surface area contributed by atoms with E-state index in [-0.39, 0.29) is 4.90 Å². The minimum atomic E-state index is -3.19. The minimum Gasteiger partial charge on any atom is -0.444 e. The van der Waals surface area contributed by atoms with Gasteiger partial charge in [-0.2, -0.15) is 0 Å². The maximum atomic E-state index is 11.4. The normalized spacial score (nSPS) is 12.0. The third kappa shape index (κ3) is 5.74. The lowest BCUT2D eigenvalue weighted by Gasteiger charge is -2.19. The maximum absolute atomic E-state index is 11.4. The summed E-state index contributed by atoms with van der Waals surface area (Å²) in [6, 6.07) is 6.35. The van der Waals surface area contributed by atoms with Crippen LogP contribution in [0.2, 0.25) is 0 Å². The molecule has 0 radical (unpaired) electrons. The Balaban J connectivity index is 2.58. The number of carbonyl (C=O) groups excluding carboxylic acids is 1. The van der Waals surface area contributed by atoms with Crippen LogP contribution < -0.4 is 5.32 Å². The molecule has 19 heavy (non-hydrogen) atoms. The van der Waals surface area contributed by atoms with Crippen molar-refractivity contribution in [2.24, 2.45) is 0 Å². The zero-order chi connectivity index (χ0) is 14.7. The molecule has 0 aromatic heterocycles. The van der Waals surface area contributed by atoms with Crippen LogP contribution in [0.5, 0.6) is 0 Å². The summed E-state index contributed by atoms with van der Waals surface area (Å²) < 4.78 is 27.6. The highest BCUT2D eigenvalue weighted by atomic mass is 32.2. The quantitative estimate of drug-likeness (QED) is 0.923. The number of carbonyl (C=O) groups is 1. The van der Waals surface area contributed by atoms with E-state index in [1.165, 1.54) is 12.1 Å². The topological polar surface area (TPSA) is 72.5 Å². The molecule has 0 aliphatic rings. The SMILES string of the molecule is CC(C)(C)OC(=O)NCc1ccc(S(C)(=O)=O)cc1. The second-order valence-corrected chi connectivity index (χ2v) is 7.29. The van der Waals surface area contributed by atoms with Crippen molar-refractivity contribution in [3.63, 3.8) is 0 Å². The van der Waals surface area contributed by atoms with Crippen molar-refractivity contribution in [3.8, 4) is 0 Å². The van der Waals surface area contributed by atoms with Gasteiger partial charge in [0, 0.05) is 12.8 Å². The predicted molar refractivity (Wildman–Crippen MR) is 72.6 cm³/mol. The van der Waals surface area contributed by atoms with Crippen LogP contribution in [-0.2, 0) is 21.1 Å². The summed E-state index contributed by atoms with van der Waals surface area (Å²) in [7, 11) is -3.19. The van der Waals surface area contributed by atoms with E-state index < -0.39 is 21.5 Å². The lowest BCUT2D eigenvalue weighted by atomic mass is 10.2. The number of amides is 1. The average molecular weight is 285 g/mol. The summed E-state index contributed by atoms with van der Waals surface area (Å²) in [5.41, 5.74) is 0.266. The van der Waals surface area contributed by atoms with Crippen LogP contribution >= 0.6 is 0 Å². The maximum Gasteiger partial charge on any atom is 0.407 e. The first-order chi connectivity index (χ1) is 8.58. The molecule has 0 atom stereocenters. The van der Waals surface area contributed by atoms with Crippen LogP contribution in [0, 0.1) is 0 Å². The fourth-order valence-corrected chi connectivity index (χ4v) is 1.97. The molecule has 6 heteroatoms. The van der Waals surface area contributed by atoms with Gasteiger partial charge in [-0.05, 0) is 38.5 Å². The van der Waals surface area contributed by atoms with Gasteiger partial charge in [-0.25, -0.2) is 13.2 Å². The van der Waals surface area contributed by atoms with Crippen molar-refractivity contribution >= 4 is 15.9 Å². The van der Waals surface area contributed by atoms with Crippen molar-refractivity contribution in [2.75, 3.05) is 6.26 Å².